The fourth-order valence-corrected chi connectivity index (χ4v) is 2.98. The molecule has 0 bridgehead atoms. The summed E-state index contributed by atoms with van der Waals surface area (Å²) in [5, 5.41) is 3.25. The molecule has 1 aliphatic heterocycles. The van der Waals surface area contributed by atoms with Gasteiger partial charge >= 0.3 is 0 Å². The molecule has 0 spiro atoms. The summed E-state index contributed by atoms with van der Waals surface area (Å²) < 4.78 is 0.793. The first-order valence-electron chi connectivity index (χ1n) is 6.95. The average molecular weight is 342 g/mol. The summed E-state index contributed by atoms with van der Waals surface area (Å²) in [6.07, 6.45) is 5.37. The third-order valence-electron chi connectivity index (χ3n) is 3.42. The number of primary amides is 1. The topological polar surface area (TPSA) is 84.1 Å². The summed E-state index contributed by atoms with van der Waals surface area (Å²) in [4.78, 5) is 22.1. The van der Waals surface area contributed by atoms with Crippen molar-refractivity contribution in [2.75, 3.05) is 23.3 Å². The third kappa shape index (κ3) is 3.20. The molecule has 1 amide bonds. The van der Waals surface area contributed by atoms with Gasteiger partial charge in [-0.15, -0.1) is 0 Å². The Kier molecular flexibility index (Phi) is 5.17. The molecular formula is C13H20BrN5O. The summed E-state index contributed by atoms with van der Waals surface area (Å²) in [5.74, 6) is 1.20. The zero-order valence-electron chi connectivity index (χ0n) is 11.6. The number of hydrogen-bond donors (Lipinski definition) is 2. The van der Waals surface area contributed by atoms with Crippen molar-refractivity contribution >= 4 is 33.5 Å². The van der Waals surface area contributed by atoms with E-state index in [0.717, 1.165) is 54.9 Å². The molecule has 1 aliphatic rings. The molecule has 0 radical (unpaired) electrons. The van der Waals surface area contributed by atoms with E-state index in [1.54, 1.807) is 0 Å². The molecule has 110 valence electrons. The highest BCUT2D eigenvalue weighted by atomic mass is 79.9. The predicted molar refractivity (Wildman–Crippen MR) is 82.7 cm³/mol. The largest absolute Gasteiger partial charge is 0.369 e. The molecule has 1 atom stereocenters. The van der Waals surface area contributed by atoms with Crippen LogP contribution in [0.3, 0.4) is 0 Å². The lowest BCUT2D eigenvalue weighted by Gasteiger charge is -2.35. The van der Waals surface area contributed by atoms with Crippen LogP contribution in [0.5, 0.6) is 0 Å². The minimum Gasteiger partial charge on any atom is -0.369 e. The molecule has 3 N–H and O–H groups in total. The Balaban J connectivity index is 2.28. The van der Waals surface area contributed by atoms with E-state index >= 15 is 0 Å². The number of carbonyl (C=O) groups is 1. The summed E-state index contributed by atoms with van der Waals surface area (Å²) >= 11 is 3.54. The van der Waals surface area contributed by atoms with Gasteiger partial charge in [-0.25, -0.2) is 9.97 Å². The number of piperidine rings is 1. The second kappa shape index (κ2) is 6.88. The fraction of sp³-hybridized carbons (Fsp3) is 0.615. The number of nitrogens with one attached hydrogen (secondary N) is 1. The molecule has 1 fully saturated rings. The standard InChI is InChI=1S/C13H20BrN5O/c1-2-6-16-12-10(14)13(18-8-17-12)19-7-4-3-5-9(19)11(15)20/h8-9H,2-7H2,1H3,(H2,15,20)(H,16,17,18). The molecule has 1 unspecified atom stereocenters. The van der Waals surface area contributed by atoms with Crippen molar-refractivity contribution in [1.29, 1.82) is 0 Å². The second-order valence-corrected chi connectivity index (χ2v) is 5.69. The van der Waals surface area contributed by atoms with Gasteiger partial charge < -0.3 is 16.0 Å². The molecule has 0 saturated carbocycles. The van der Waals surface area contributed by atoms with Gasteiger partial charge in [-0.1, -0.05) is 6.92 Å². The number of nitrogens with two attached hydrogens (primary N) is 1. The van der Waals surface area contributed by atoms with Crippen LogP contribution < -0.4 is 16.0 Å². The molecule has 1 aromatic rings. The maximum atomic E-state index is 11.6. The number of anilines is 2. The molecule has 20 heavy (non-hydrogen) atoms. The van der Waals surface area contributed by atoms with E-state index in [2.05, 4.69) is 38.1 Å². The molecule has 0 aromatic carbocycles. The third-order valence-corrected chi connectivity index (χ3v) is 4.15. The van der Waals surface area contributed by atoms with Crippen LogP contribution in [0.1, 0.15) is 32.6 Å². The van der Waals surface area contributed by atoms with Gasteiger partial charge in [0.1, 0.15) is 28.5 Å². The van der Waals surface area contributed by atoms with Crippen molar-refractivity contribution in [3.05, 3.63) is 10.8 Å². The fourth-order valence-electron chi connectivity index (χ4n) is 2.41. The number of hydrogen-bond acceptors (Lipinski definition) is 5. The average Bonchev–Trinajstić information content (AvgIpc) is 2.46. The molecule has 1 saturated heterocycles. The Bertz CT molecular complexity index is 482. The smallest absolute Gasteiger partial charge is 0.240 e. The van der Waals surface area contributed by atoms with Crippen LogP contribution in [-0.2, 0) is 4.79 Å². The van der Waals surface area contributed by atoms with Gasteiger partial charge in [0.05, 0.1) is 0 Å². The number of aromatic nitrogens is 2. The minimum atomic E-state index is -0.293. The van der Waals surface area contributed by atoms with Crippen LogP contribution in [0.25, 0.3) is 0 Å². The lowest BCUT2D eigenvalue weighted by Crippen LogP contribution is -2.48. The highest BCUT2D eigenvalue weighted by Gasteiger charge is 2.29. The van der Waals surface area contributed by atoms with Crippen LogP contribution in [0.4, 0.5) is 11.6 Å². The molecule has 0 aliphatic carbocycles. The van der Waals surface area contributed by atoms with Crippen LogP contribution in [0.2, 0.25) is 0 Å². The number of carbonyl (C=O) groups excluding carboxylic acids is 1. The van der Waals surface area contributed by atoms with Crippen molar-refractivity contribution in [3.8, 4) is 0 Å². The van der Waals surface area contributed by atoms with Gasteiger partial charge in [0, 0.05) is 13.1 Å². The molecule has 2 rings (SSSR count). The van der Waals surface area contributed by atoms with Gasteiger partial charge in [-0.05, 0) is 41.6 Å². The molecule has 7 heteroatoms. The highest BCUT2D eigenvalue weighted by molar-refractivity contribution is 9.10. The maximum Gasteiger partial charge on any atom is 0.240 e. The van der Waals surface area contributed by atoms with E-state index in [4.69, 9.17) is 5.73 Å². The Labute approximate surface area is 127 Å². The zero-order chi connectivity index (χ0) is 14.5. The van der Waals surface area contributed by atoms with Crippen molar-refractivity contribution in [1.82, 2.24) is 9.97 Å². The number of rotatable bonds is 5. The molecule has 2 heterocycles. The first-order chi connectivity index (χ1) is 9.65. The normalized spacial score (nSPS) is 18.9. The van der Waals surface area contributed by atoms with E-state index in [1.807, 2.05) is 4.90 Å². The quantitative estimate of drug-likeness (QED) is 0.854. The number of halogens is 1. The summed E-state index contributed by atoms with van der Waals surface area (Å²) in [5.41, 5.74) is 5.51. The SMILES string of the molecule is CCCNc1ncnc(N2CCCCC2C(N)=O)c1Br. The van der Waals surface area contributed by atoms with Gasteiger partial charge in [0.15, 0.2) is 0 Å². The minimum absolute atomic E-state index is 0.283. The van der Waals surface area contributed by atoms with Gasteiger partial charge in [-0.3, -0.25) is 4.79 Å². The van der Waals surface area contributed by atoms with Gasteiger partial charge in [0.25, 0.3) is 0 Å². The van der Waals surface area contributed by atoms with E-state index in [1.165, 1.54) is 6.33 Å². The Morgan fingerprint density at radius 1 is 1.55 bits per heavy atom. The van der Waals surface area contributed by atoms with Crippen LogP contribution in [-0.4, -0.2) is 35.0 Å². The van der Waals surface area contributed by atoms with Crippen LogP contribution in [0.15, 0.2) is 10.8 Å². The molecular weight excluding hydrogens is 322 g/mol. The predicted octanol–water partition coefficient (Wildman–Crippen LogP) is 1.91. The monoisotopic (exact) mass is 341 g/mol. The number of nitrogens with zero attached hydrogens (tertiary/aromatic N) is 3. The van der Waals surface area contributed by atoms with E-state index in [9.17, 15) is 4.79 Å². The van der Waals surface area contributed by atoms with Crippen LogP contribution in [0, 0.1) is 0 Å². The molecule has 6 nitrogen and oxygen atoms in total. The molecule has 1 aromatic heterocycles. The second-order valence-electron chi connectivity index (χ2n) is 4.89. The highest BCUT2D eigenvalue weighted by Crippen LogP contribution is 2.33. The Hall–Kier alpha value is -1.37. The van der Waals surface area contributed by atoms with Crippen molar-refractivity contribution < 1.29 is 4.79 Å². The van der Waals surface area contributed by atoms with Gasteiger partial charge in [0.2, 0.25) is 5.91 Å². The van der Waals surface area contributed by atoms with Gasteiger partial charge in [-0.2, -0.15) is 0 Å². The van der Waals surface area contributed by atoms with Crippen molar-refractivity contribution in [2.45, 2.75) is 38.6 Å². The Morgan fingerprint density at radius 3 is 3.05 bits per heavy atom. The van der Waals surface area contributed by atoms with E-state index in [-0.39, 0.29) is 11.9 Å². The van der Waals surface area contributed by atoms with E-state index < -0.39 is 0 Å². The first-order valence-corrected chi connectivity index (χ1v) is 7.74. The summed E-state index contributed by atoms with van der Waals surface area (Å²) in [6.45, 7) is 3.72. The van der Waals surface area contributed by atoms with Crippen molar-refractivity contribution in [3.63, 3.8) is 0 Å². The zero-order valence-corrected chi connectivity index (χ0v) is 13.2. The van der Waals surface area contributed by atoms with Crippen molar-refractivity contribution in [2.24, 2.45) is 5.73 Å². The summed E-state index contributed by atoms with van der Waals surface area (Å²) in [6, 6.07) is -0.283. The van der Waals surface area contributed by atoms with Crippen LogP contribution >= 0.6 is 15.9 Å². The van der Waals surface area contributed by atoms with E-state index in [0.29, 0.717) is 0 Å². The Morgan fingerprint density at radius 2 is 2.35 bits per heavy atom. The summed E-state index contributed by atoms with van der Waals surface area (Å²) in [7, 11) is 0. The lowest BCUT2D eigenvalue weighted by atomic mass is 10.0. The number of amides is 1. The maximum absolute atomic E-state index is 11.6. The first kappa shape index (κ1) is 15.0. The lowest BCUT2D eigenvalue weighted by molar-refractivity contribution is -0.119.